The van der Waals surface area contributed by atoms with Gasteiger partial charge in [0.25, 0.3) is 0 Å². The molecule has 0 unspecified atom stereocenters. The van der Waals surface area contributed by atoms with Crippen molar-refractivity contribution in [1.29, 1.82) is 0 Å². The van der Waals surface area contributed by atoms with Gasteiger partial charge in [0.1, 0.15) is 17.7 Å². The molecule has 68 valence electrons. The average molecular weight is 185 g/mol. The van der Waals surface area contributed by atoms with Crippen LogP contribution in [0.4, 0.5) is 0 Å². The zero-order valence-electron chi connectivity index (χ0n) is 7.25. The number of imidazole rings is 1. The molecule has 0 radical (unpaired) electrons. The highest BCUT2D eigenvalue weighted by Gasteiger charge is 2.03. The Bertz CT molecular complexity index is 551. The molecule has 0 aliphatic rings. The van der Waals surface area contributed by atoms with Crippen molar-refractivity contribution in [1.82, 2.24) is 24.7 Å². The van der Waals surface area contributed by atoms with Crippen LogP contribution in [0, 0.1) is 0 Å². The van der Waals surface area contributed by atoms with Crippen molar-refractivity contribution in [3.63, 3.8) is 0 Å². The molecule has 3 heterocycles. The summed E-state index contributed by atoms with van der Waals surface area (Å²) < 4.78 is 1.93. The smallest absolute Gasteiger partial charge is 0.133 e. The van der Waals surface area contributed by atoms with E-state index in [0.717, 1.165) is 16.9 Å². The molecule has 0 saturated carbocycles. The highest BCUT2D eigenvalue weighted by molar-refractivity contribution is 5.75. The molecule has 0 spiro atoms. The molecule has 3 aromatic heterocycles. The van der Waals surface area contributed by atoms with Crippen LogP contribution in [0.2, 0.25) is 0 Å². The first-order chi connectivity index (χ1) is 6.95. The van der Waals surface area contributed by atoms with Crippen LogP contribution < -0.4 is 0 Å². The standard InChI is InChI=1S/C9H7N5/c1-3-10-5-7-8(1)14(6-11-7)9-2-4-12-13-9/h1-6H,(H,12,13). The lowest BCUT2D eigenvalue weighted by molar-refractivity contribution is 0.976. The van der Waals surface area contributed by atoms with E-state index in [1.165, 1.54) is 0 Å². The van der Waals surface area contributed by atoms with Gasteiger partial charge in [-0.15, -0.1) is 0 Å². The first-order valence-corrected chi connectivity index (χ1v) is 4.22. The SMILES string of the molecule is c1cc2c(cn1)ncn2-c1ccn[nH]1. The van der Waals surface area contributed by atoms with Crippen LogP contribution in [-0.4, -0.2) is 24.7 Å². The Kier molecular flexibility index (Phi) is 1.38. The molecule has 5 heteroatoms. The fourth-order valence-corrected chi connectivity index (χ4v) is 1.44. The molecule has 14 heavy (non-hydrogen) atoms. The zero-order chi connectivity index (χ0) is 9.38. The van der Waals surface area contributed by atoms with Gasteiger partial charge in [-0.2, -0.15) is 5.10 Å². The molecular formula is C9H7N5. The number of fused-ring (bicyclic) bond motifs is 1. The molecule has 0 saturated heterocycles. The number of nitrogens with one attached hydrogen (secondary N) is 1. The van der Waals surface area contributed by atoms with Crippen molar-refractivity contribution in [2.24, 2.45) is 0 Å². The molecule has 0 bridgehead atoms. The van der Waals surface area contributed by atoms with E-state index in [1.54, 1.807) is 24.9 Å². The third-order valence-corrected chi connectivity index (χ3v) is 2.10. The van der Waals surface area contributed by atoms with Gasteiger partial charge in [-0.25, -0.2) is 4.98 Å². The summed E-state index contributed by atoms with van der Waals surface area (Å²) in [5, 5.41) is 6.78. The third-order valence-electron chi connectivity index (χ3n) is 2.10. The topological polar surface area (TPSA) is 59.4 Å². The van der Waals surface area contributed by atoms with Crippen molar-refractivity contribution < 1.29 is 0 Å². The van der Waals surface area contributed by atoms with Gasteiger partial charge in [-0.3, -0.25) is 14.6 Å². The summed E-state index contributed by atoms with van der Waals surface area (Å²) in [6.45, 7) is 0. The van der Waals surface area contributed by atoms with Gasteiger partial charge in [0.15, 0.2) is 0 Å². The number of nitrogens with zero attached hydrogens (tertiary/aromatic N) is 4. The molecule has 0 aromatic carbocycles. The third kappa shape index (κ3) is 0.922. The largest absolute Gasteiger partial charge is 0.283 e. The van der Waals surface area contributed by atoms with E-state index in [9.17, 15) is 0 Å². The Hall–Kier alpha value is -2.17. The van der Waals surface area contributed by atoms with E-state index in [2.05, 4.69) is 20.2 Å². The lowest BCUT2D eigenvalue weighted by Crippen LogP contribution is -1.91. The monoisotopic (exact) mass is 185 g/mol. The predicted molar refractivity (Wildman–Crippen MR) is 51.0 cm³/mol. The van der Waals surface area contributed by atoms with Crippen LogP contribution in [0.5, 0.6) is 0 Å². The van der Waals surface area contributed by atoms with Crippen molar-refractivity contribution in [3.8, 4) is 5.82 Å². The van der Waals surface area contributed by atoms with Gasteiger partial charge in [0, 0.05) is 12.3 Å². The number of aromatic amines is 1. The van der Waals surface area contributed by atoms with E-state index < -0.39 is 0 Å². The molecule has 0 aliphatic heterocycles. The quantitative estimate of drug-likeness (QED) is 0.618. The maximum Gasteiger partial charge on any atom is 0.133 e. The van der Waals surface area contributed by atoms with E-state index in [0.29, 0.717) is 0 Å². The molecule has 3 rings (SSSR count). The van der Waals surface area contributed by atoms with Crippen molar-refractivity contribution in [3.05, 3.63) is 37.1 Å². The van der Waals surface area contributed by atoms with Gasteiger partial charge in [-0.1, -0.05) is 0 Å². The summed E-state index contributed by atoms with van der Waals surface area (Å²) >= 11 is 0. The number of hydrogen-bond donors (Lipinski definition) is 1. The zero-order valence-corrected chi connectivity index (χ0v) is 7.25. The van der Waals surface area contributed by atoms with Crippen molar-refractivity contribution >= 4 is 11.0 Å². The van der Waals surface area contributed by atoms with Gasteiger partial charge < -0.3 is 0 Å². The molecule has 0 aliphatic carbocycles. The van der Waals surface area contributed by atoms with Gasteiger partial charge in [-0.05, 0) is 6.07 Å². The molecule has 3 aromatic rings. The first kappa shape index (κ1) is 7.25. The highest BCUT2D eigenvalue weighted by atomic mass is 15.2. The second kappa shape index (κ2) is 2.66. The molecule has 0 atom stereocenters. The number of rotatable bonds is 1. The predicted octanol–water partition coefficient (Wildman–Crippen LogP) is 1.14. The van der Waals surface area contributed by atoms with E-state index in [1.807, 2.05) is 16.7 Å². The highest BCUT2D eigenvalue weighted by Crippen LogP contribution is 2.14. The summed E-state index contributed by atoms with van der Waals surface area (Å²) in [5.74, 6) is 0.902. The minimum absolute atomic E-state index is 0.877. The maximum atomic E-state index is 4.23. The minimum Gasteiger partial charge on any atom is -0.283 e. The average Bonchev–Trinajstić information content (AvgIpc) is 2.85. The second-order valence-electron chi connectivity index (χ2n) is 2.92. The number of hydrogen-bond acceptors (Lipinski definition) is 3. The number of aromatic nitrogens is 5. The lowest BCUT2D eigenvalue weighted by Gasteiger charge is -1.97. The number of H-pyrrole nitrogens is 1. The normalized spacial score (nSPS) is 10.9. The van der Waals surface area contributed by atoms with Crippen LogP contribution in [0.3, 0.4) is 0 Å². The Balaban J connectivity index is 2.33. The Morgan fingerprint density at radius 2 is 2.21 bits per heavy atom. The fraction of sp³-hybridized carbons (Fsp3) is 0. The Morgan fingerprint density at radius 3 is 3.07 bits per heavy atom. The molecule has 1 N–H and O–H groups in total. The molecule has 0 amide bonds. The maximum absolute atomic E-state index is 4.23. The summed E-state index contributed by atoms with van der Waals surface area (Å²) in [4.78, 5) is 8.23. The second-order valence-corrected chi connectivity index (χ2v) is 2.92. The summed E-state index contributed by atoms with van der Waals surface area (Å²) in [6.07, 6.45) is 6.95. The summed E-state index contributed by atoms with van der Waals surface area (Å²) in [6, 6.07) is 3.81. The van der Waals surface area contributed by atoms with Gasteiger partial charge in [0.2, 0.25) is 0 Å². The summed E-state index contributed by atoms with van der Waals surface area (Å²) in [7, 11) is 0. The van der Waals surface area contributed by atoms with Crippen LogP contribution in [0.25, 0.3) is 16.9 Å². The van der Waals surface area contributed by atoms with E-state index in [4.69, 9.17) is 0 Å². The van der Waals surface area contributed by atoms with Crippen LogP contribution in [-0.2, 0) is 0 Å². The van der Waals surface area contributed by atoms with E-state index >= 15 is 0 Å². The molecule has 0 fully saturated rings. The van der Waals surface area contributed by atoms with E-state index in [-0.39, 0.29) is 0 Å². The van der Waals surface area contributed by atoms with Crippen LogP contribution >= 0.6 is 0 Å². The van der Waals surface area contributed by atoms with Gasteiger partial charge >= 0.3 is 0 Å². The summed E-state index contributed by atoms with van der Waals surface area (Å²) in [5.41, 5.74) is 1.89. The van der Waals surface area contributed by atoms with Gasteiger partial charge in [0.05, 0.1) is 17.9 Å². The molecule has 5 nitrogen and oxygen atoms in total. The fourth-order valence-electron chi connectivity index (χ4n) is 1.44. The van der Waals surface area contributed by atoms with Crippen molar-refractivity contribution in [2.75, 3.05) is 0 Å². The number of pyridine rings is 1. The lowest BCUT2D eigenvalue weighted by atomic mass is 10.4. The van der Waals surface area contributed by atoms with Crippen LogP contribution in [0.15, 0.2) is 37.1 Å². The molecular weight excluding hydrogens is 178 g/mol. The minimum atomic E-state index is 0.877. The first-order valence-electron chi connectivity index (χ1n) is 4.22. The Morgan fingerprint density at radius 1 is 1.21 bits per heavy atom. The van der Waals surface area contributed by atoms with Crippen LogP contribution in [0.1, 0.15) is 0 Å². The van der Waals surface area contributed by atoms with Crippen molar-refractivity contribution in [2.45, 2.75) is 0 Å². The Labute approximate surface area is 79.4 Å².